The van der Waals surface area contributed by atoms with Gasteiger partial charge in [-0.1, -0.05) is 80.6 Å². The number of hydrogen-bond acceptors (Lipinski definition) is 5. The first-order chi connectivity index (χ1) is 19.9. The van der Waals surface area contributed by atoms with Gasteiger partial charge in [0.1, 0.15) is 5.75 Å². The predicted octanol–water partition coefficient (Wildman–Crippen LogP) is 5.73. The standard InChI is InChI=1S/C33H37N3O4S/c1-3-36(4-2)23-24-14-17-32-29(20-24)30(18-19-40-32)34-33(37)22-31(26-11-6-5-7-12-26)35-41(38,39)28-16-15-25-10-8-9-13-27(25)21-28/h5-17,20-21,30-31,35H,3-4,18-19,22-23H2,1-2H3,(H,34,37). The van der Waals surface area contributed by atoms with E-state index in [4.69, 9.17) is 4.74 Å². The maximum atomic E-state index is 13.5. The number of ether oxygens (including phenoxy) is 1. The van der Waals surface area contributed by atoms with Crippen LogP contribution in [-0.2, 0) is 21.4 Å². The van der Waals surface area contributed by atoms with Crippen LogP contribution in [0.2, 0.25) is 0 Å². The molecule has 2 N–H and O–H groups in total. The van der Waals surface area contributed by atoms with E-state index in [9.17, 15) is 13.2 Å². The number of rotatable bonds is 11. The summed E-state index contributed by atoms with van der Waals surface area (Å²) in [6, 6.07) is 27.1. The average molecular weight is 572 g/mol. The van der Waals surface area contributed by atoms with Gasteiger partial charge in [-0.25, -0.2) is 13.1 Å². The minimum absolute atomic E-state index is 0.0390. The highest BCUT2D eigenvalue weighted by Crippen LogP contribution is 2.33. The van der Waals surface area contributed by atoms with Crippen molar-refractivity contribution in [3.8, 4) is 5.75 Å². The normalized spacial score (nSPS) is 15.7. The third kappa shape index (κ3) is 6.96. The first kappa shape index (κ1) is 28.8. The van der Waals surface area contributed by atoms with Gasteiger partial charge in [-0.15, -0.1) is 0 Å². The number of fused-ring (bicyclic) bond motifs is 2. The summed E-state index contributed by atoms with van der Waals surface area (Å²) in [5.41, 5.74) is 2.85. The highest BCUT2D eigenvalue weighted by atomic mass is 32.2. The molecule has 0 saturated carbocycles. The van der Waals surface area contributed by atoms with Gasteiger partial charge in [0, 0.05) is 24.9 Å². The van der Waals surface area contributed by atoms with Crippen LogP contribution in [0, 0.1) is 0 Å². The minimum atomic E-state index is -3.90. The zero-order chi connectivity index (χ0) is 28.8. The second-order valence-corrected chi connectivity index (χ2v) is 12.1. The van der Waals surface area contributed by atoms with Gasteiger partial charge in [-0.3, -0.25) is 9.69 Å². The number of sulfonamides is 1. The Kier molecular flexibility index (Phi) is 9.03. The molecule has 4 aromatic carbocycles. The number of hydrogen-bond donors (Lipinski definition) is 2. The van der Waals surface area contributed by atoms with E-state index < -0.39 is 16.1 Å². The van der Waals surface area contributed by atoms with E-state index in [0.717, 1.165) is 47.3 Å². The Hall–Kier alpha value is -3.72. The molecule has 5 rings (SSSR count). The summed E-state index contributed by atoms with van der Waals surface area (Å²) in [5, 5.41) is 4.96. The summed E-state index contributed by atoms with van der Waals surface area (Å²) in [7, 11) is -3.90. The van der Waals surface area contributed by atoms with Crippen molar-refractivity contribution in [1.29, 1.82) is 0 Å². The SMILES string of the molecule is CCN(CC)Cc1ccc2c(c1)C(NC(=O)CC(NS(=O)(=O)c1ccc3ccccc3c1)c1ccccc1)CCO2. The Bertz CT molecular complexity index is 1600. The second-order valence-electron chi connectivity index (χ2n) is 10.4. The van der Waals surface area contributed by atoms with E-state index in [-0.39, 0.29) is 23.3 Å². The summed E-state index contributed by atoms with van der Waals surface area (Å²) in [4.78, 5) is 16.0. The van der Waals surface area contributed by atoms with Crippen LogP contribution in [0.5, 0.6) is 5.75 Å². The molecule has 0 radical (unpaired) electrons. The molecular formula is C33H37N3O4S. The Morgan fingerprint density at radius 2 is 1.66 bits per heavy atom. The lowest BCUT2D eigenvalue weighted by atomic mass is 9.97. The molecule has 4 aromatic rings. The summed E-state index contributed by atoms with van der Waals surface area (Å²) < 4.78 is 35.7. The second kappa shape index (κ2) is 12.9. The van der Waals surface area contributed by atoms with E-state index >= 15 is 0 Å². The maximum Gasteiger partial charge on any atom is 0.241 e. The number of nitrogens with zero attached hydrogens (tertiary/aromatic N) is 1. The Labute approximate surface area is 242 Å². The van der Waals surface area contributed by atoms with Gasteiger partial charge in [0.2, 0.25) is 15.9 Å². The molecule has 0 bridgehead atoms. The van der Waals surface area contributed by atoms with Gasteiger partial charge in [0.25, 0.3) is 0 Å². The molecule has 0 fully saturated rings. The molecule has 0 aliphatic carbocycles. The van der Waals surface area contributed by atoms with Crippen molar-refractivity contribution in [2.24, 2.45) is 0 Å². The fraction of sp³-hybridized carbons (Fsp3) is 0.303. The molecule has 0 aromatic heterocycles. The van der Waals surface area contributed by atoms with E-state index in [1.165, 1.54) is 5.56 Å². The number of benzene rings is 4. The smallest absolute Gasteiger partial charge is 0.241 e. The van der Waals surface area contributed by atoms with Gasteiger partial charge in [0.05, 0.1) is 23.6 Å². The van der Waals surface area contributed by atoms with Gasteiger partial charge >= 0.3 is 0 Å². The summed E-state index contributed by atoms with van der Waals surface area (Å²) in [6.07, 6.45) is 0.606. The predicted molar refractivity (Wildman–Crippen MR) is 162 cm³/mol. The van der Waals surface area contributed by atoms with E-state index in [0.29, 0.717) is 13.0 Å². The fourth-order valence-electron chi connectivity index (χ4n) is 5.34. The van der Waals surface area contributed by atoms with Crippen molar-refractivity contribution < 1.29 is 17.9 Å². The molecule has 1 aliphatic heterocycles. The van der Waals surface area contributed by atoms with Crippen LogP contribution >= 0.6 is 0 Å². The molecule has 1 amide bonds. The van der Waals surface area contributed by atoms with Crippen LogP contribution in [0.15, 0.2) is 95.9 Å². The van der Waals surface area contributed by atoms with E-state index in [1.54, 1.807) is 18.2 Å². The zero-order valence-electron chi connectivity index (χ0n) is 23.5. The lowest BCUT2D eigenvalue weighted by Crippen LogP contribution is -2.36. The highest BCUT2D eigenvalue weighted by Gasteiger charge is 2.28. The Morgan fingerprint density at radius 1 is 0.927 bits per heavy atom. The molecule has 7 nitrogen and oxygen atoms in total. The number of amides is 1. The number of nitrogens with one attached hydrogen (secondary N) is 2. The largest absolute Gasteiger partial charge is 0.493 e. The summed E-state index contributed by atoms with van der Waals surface area (Å²) >= 11 is 0. The highest BCUT2D eigenvalue weighted by molar-refractivity contribution is 7.89. The van der Waals surface area contributed by atoms with Crippen LogP contribution in [0.4, 0.5) is 0 Å². The van der Waals surface area contributed by atoms with Crippen molar-refractivity contribution in [1.82, 2.24) is 14.9 Å². The van der Waals surface area contributed by atoms with Crippen molar-refractivity contribution in [3.05, 3.63) is 108 Å². The van der Waals surface area contributed by atoms with E-state index in [2.05, 4.69) is 40.9 Å². The van der Waals surface area contributed by atoms with Crippen LogP contribution in [0.3, 0.4) is 0 Å². The summed E-state index contributed by atoms with van der Waals surface area (Å²) in [5.74, 6) is 0.550. The zero-order valence-corrected chi connectivity index (χ0v) is 24.4. The van der Waals surface area contributed by atoms with Gasteiger partial charge in [-0.05, 0) is 59.3 Å². The van der Waals surface area contributed by atoms with Gasteiger partial charge < -0.3 is 10.1 Å². The quantitative estimate of drug-likeness (QED) is 0.240. The van der Waals surface area contributed by atoms with Crippen LogP contribution in [0.1, 0.15) is 55.5 Å². The van der Waals surface area contributed by atoms with Gasteiger partial charge in [-0.2, -0.15) is 0 Å². The lowest BCUT2D eigenvalue weighted by Gasteiger charge is -2.29. The van der Waals surface area contributed by atoms with Crippen molar-refractivity contribution in [2.75, 3.05) is 19.7 Å². The fourth-order valence-corrected chi connectivity index (χ4v) is 6.60. The molecular weight excluding hydrogens is 534 g/mol. The van der Waals surface area contributed by atoms with Crippen molar-refractivity contribution in [3.63, 3.8) is 0 Å². The molecule has 1 aliphatic rings. The van der Waals surface area contributed by atoms with Crippen LogP contribution in [-0.4, -0.2) is 38.9 Å². The Morgan fingerprint density at radius 3 is 2.41 bits per heavy atom. The topological polar surface area (TPSA) is 87.7 Å². The molecule has 2 atom stereocenters. The molecule has 8 heteroatoms. The molecule has 0 spiro atoms. The maximum absolute atomic E-state index is 13.5. The lowest BCUT2D eigenvalue weighted by molar-refractivity contribution is -0.122. The van der Waals surface area contributed by atoms with Crippen LogP contribution < -0.4 is 14.8 Å². The first-order valence-electron chi connectivity index (χ1n) is 14.2. The minimum Gasteiger partial charge on any atom is -0.493 e. The molecule has 214 valence electrons. The number of carbonyl (C=O) groups is 1. The third-order valence-electron chi connectivity index (χ3n) is 7.67. The molecule has 1 heterocycles. The molecule has 0 saturated heterocycles. The van der Waals surface area contributed by atoms with Gasteiger partial charge in [0.15, 0.2) is 0 Å². The van der Waals surface area contributed by atoms with Crippen molar-refractivity contribution >= 4 is 26.7 Å². The monoisotopic (exact) mass is 571 g/mol. The average Bonchev–Trinajstić information content (AvgIpc) is 3.00. The van der Waals surface area contributed by atoms with Crippen LogP contribution in [0.25, 0.3) is 10.8 Å². The molecule has 41 heavy (non-hydrogen) atoms. The third-order valence-corrected chi connectivity index (χ3v) is 9.14. The molecule has 2 unspecified atom stereocenters. The van der Waals surface area contributed by atoms with E-state index in [1.807, 2.05) is 60.7 Å². The number of carbonyl (C=O) groups excluding carboxylic acids is 1. The van der Waals surface area contributed by atoms with Crippen molar-refractivity contribution in [2.45, 2.75) is 50.2 Å². The Balaban J connectivity index is 1.35. The first-order valence-corrected chi connectivity index (χ1v) is 15.7. The summed E-state index contributed by atoms with van der Waals surface area (Å²) in [6.45, 7) is 7.54.